The van der Waals surface area contributed by atoms with Crippen molar-refractivity contribution in [2.45, 2.75) is 17.2 Å². The Balaban J connectivity index is 2.37. The summed E-state index contributed by atoms with van der Waals surface area (Å²) in [5.74, 6) is 1.67. The van der Waals surface area contributed by atoms with Gasteiger partial charge in [0.15, 0.2) is 0 Å². The van der Waals surface area contributed by atoms with Crippen molar-refractivity contribution in [3.63, 3.8) is 0 Å². The van der Waals surface area contributed by atoms with E-state index in [1.807, 2.05) is 24.0 Å². The largest absolute Gasteiger partial charge is 0.330 e. The van der Waals surface area contributed by atoms with Crippen LogP contribution < -0.4 is 5.73 Å². The molecule has 0 bridgehead atoms. The van der Waals surface area contributed by atoms with Crippen molar-refractivity contribution in [1.82, 2.24) is 4.98 Å². The number of thioether (sulfide) groups is 1. The maximum atomic E-state index is 5.67. The van der Waals surface area contributed by atoms with Gasteiger partial charge in [-0.05, 0) is 24.3 Å². The number of aromatic nitrogens is 1. The van der Waals surface area contributed by atoms with Crippen LogP contribution in [-0.2, 0) is 0 Å². The third-order valence-electron chi connectivity index (χ3n) is 2.19. The number of pyridine rings is 1. The summed E-state index contributed by atoms with van der Waals surface area (Å²) in [6, 6.07) is 4.12. The molecule has 0 unspecified atom stereocenters. The molecular weight excluding hydrogens is 168 g/mol. The van der Waals surface area contributed by atoms with Crippen LogP contribution in [0.3, 0.4) is 0 Å². The summed E-state index contributed by atoms with van der Waals surface area (Å²) in [7, 11) is 0. The molecule has 0 spiro atoms. The van der Waals surface area contributed by atoms with Crippen molar-refractivity contribution in [2.75, 3.05) is 12.3 Å². The lowest BCUT2D eigenvalue weighted by molar-refractivity contribution is 0.635. The normalized spacial score (nSPS) is 21.9. The average Bonchev–Trinajstić information content (AvgIpc) is 2.17. The zero-order valence-corrected chi connectivity index (χ0v) is 7.68. The van der Waals surface area contributed by atoms with Gasteiger partial charge in [0.2, 0.25) is 0 Å². The number of fused-ring (bicyclic) bond motifs is 1. The van der Waals surface area contributed by atoms with Gasteiger partial charge in [-0.25, -0.2) is 0 Å². The van der Waals surface area contributed by atoms with Gasteiger partial charge in [-0.15, -0.1) is 11.8 Å². The molecule has 1 aliphatic heterocycles. The summed E-state index contributed by atoms with van der Waals surface area (Å²) in [4.78, 5) is 5.69. The molecule has 64 valence electrons. The first-order valence-electron chi connectivity index (χ1n) is 4.19. The van der Waals surface area contributed by atoms with Gasteiger partial charge in [-0.2, -0.15) is 0 Å². The second kappa shape index (κ2) is 3.46. The summed E-state index contributed by atoms with van der Waals surface area (Å²) in [6.07, 6.45) is 3.03. The van der Waals surface area contributed by atoms with E-state index in [-0.39, 0.29) is 0 Å². The molecule has 0 saturated heterocycles. The summed E-state index contributed by atoms with van der Waals surface area (Å²) < 4.78 is 0. The number of nitrogens with two attached hydrogens (primary N) is 1. The monoisotopic (exact) mass is 180 g/mol. The van der Waals surface area contributed by atoms with E-state index in [0.717, 1.165) is 6.54 Å². The lowest BCUT2D eigenvalue weighted by Gasteiger charge is -2.21. The predicted octanol–water partition coefficient (Wildman–Crippen LogP) is 1.62. The standard InChI is InChI=1S/C9H12N2S/c10-6-7-3-5-12-8-2-1-4-11-9(7)8/h1-2,4,7H,3,5-6,10H2/t7-/m0/s1. The highest BCUT2D eigenvalue weighted by atomic mass is 32.2. The second-order valence-corrected chi connectivity index (χ2v) is 4.09. The number of hydrogen-bond acceptors (Lipinski definition) is 3. The Labute approximate surface area is 76.6 Å². The van der Waals surface area contributed by atoms with Crippen LogP contribution >= 0.6 is 11.8 Å². The van der Waals surface area contributed by atoms with Gasteiger partial charge < -0.3 is 5.73 Å². The Bertz CT molecular complexity index is 275. The third kappa shape index (κ3) is 1.34. The van der Waals surface area contributed by atoms with Crippen LogP contribution in [0.4, 0.5) is 0 Å². The van der Waals surface area contributed by atoms with Gasteiger partial charge in [0.25, 0.3) is 0 Å². The molecule has 0 radical (unpaired) electrons. The van der Waals surface area contributed by atoms with E-state index in [4.69, 9.17) is 5.73 Å². The highest BCUT2D eigenvalue weighted by molar-refractivity contribution is 7.99. The Hall–Kier alpha value is -0.540. The molecule has 0 saturated carbocycles. The zero-order valence-electron chi connectivity index (χ0n) is 6.86. The van der Waals surface area contributed by atoms with Crippen LogP contribution in [0.5, 0.6) is 0 Å². The summed E-state index contributed by atoms with van der Waals surface area (Å²) in [5, 5.41) is 0. The van der Waals surface area contributed by atoms with E-state index >= 15 is 0 Å². The number of rotatable bonds is 1. The molecule has 1 aliphatic rings. The molecule has 1 aromatic heterocycles. The van der Waals surface area contributed by atoms with Gasteiger partial charge in [-0.1, -0.05) is 0 Å². The van der Waals surface area contributed by atoms with Crippen molar-refractivity contribution >= 4 is 11.8 Å². The molecule has 0 amide bonds. The van der Waals surface area contributed by atoms with Crippen molar-refractivity contribution in [1.29, 1.82) is 0 Å². The van der Waals surface area contributed by atoms with Crippen LogP contribution in [0.2, 0.25) is 0 Å². The Morgan fingerprint density at radius 1 is 1.67 bits per heavy atom. The van der Waals surface area contributed by atoms with Crippen LogP contribution in [0.25, 0.3) is 0 Å². The van der Waals surface area contributed by atoms with Gasteiger partial charge in [0.05, 0.1) is 5.69 Å². The molecule has 2 heterocycles. The maximum Gasteiger partial charge on any atom is 0.0582 e. The van der Waals surface area contributed by atoms with E-state index < -0.39 is 0 Å². The molecule has 1 atom stereocenters. The highest BCUT2D eigenvalue weighted by Crippen LogP contribution is 2.34. The highest BCUT2D eigenvalue weighted by Gasteiger charge is 2.19. The molecule has 0 aromatic carbocycles. The van der Waals surface area contributed by atoms with Gasteiger partial charge in [0, 0.05) is 23.6 Å². The van der Waals surface area contributed by atoms with Gasteiger partial charge >= 0.3 is 0 Å². The minimum Gasteiger partial charge on any atom is -0.330 e. The van der Waals surface area contributed by atoms with E-state index in [9.17, 15) is 0 Å². The van der Waals surface area contributed by atoms with Crippen LogP contribution in [0.1, 0.15) is 18.0 Å². The number of nitrogens with zero attached hydrogens (tertiary/aromatic N) is 1. The molecule has 0 aliphatic carbocycles. The minimum atomic E-state index is 0.488. The fourth-order valence-corrected chi connectivity index (χ4v) is 2.67. The van der Waals surface area contributed by atoms with Crippen LogP contribution in [-0.4, -0.2) is 17.3 Å². The molecule has 12 heavy (non-hydrogen) atoms. The van der Waals surface area contributed by atoms with Gasteiger partial charge in [0.1, 0.15) is 0 Å². The Kier molecular flexibility index (Phi) is 2.33. The third-order valence-corrected chi connectivity index (χ3v) is 3.29. The average molecular weight is 180 g/mol. The SMILES string of the molecule is NC[C@@H]1CCSc2cccnc21. The lowest BCUT2D eigenvalue weighted by Crippen LogP contribution is -2.18. The Morgan fingerprint density at radius 2 is 2.58 bits per heavy atom. The molecular formula is C9H12N2S. The molecule has 3 heteroatoms. The van der Waals surface area contributed by atoms with E-state index in [0.29, 0.717) is 5.92 Å². The fraction of sp³-hybridized carbons (Fsp3) is 0.444. The van der Waals surface area contributed by atoms with Crippen molar-refractivity contribution in [2.24, 2.45) is 5.73 Å². The second-order valence-electron chi connectivity index (χ2n) is 2.96. The van der Waals surface area contributed by atoms with Gasteiger partial charge in [-0.3, -0.25) is 4.98 Å². The molecule has 1 aromatic rings. The summed E-state index contributed by atoms with van der Waals surface area (Å²) in [5.41, 5.74) is 6.87. The quantitative estimate of drug-likeness (QED) is 0.713. The smallest absolute Gasteiger partial charge is 0.0582 e. The summed E-state index contributed by atoms with van der Waals surface area (Å²) >= 11 is 1.89. The lowest BCUT2D eigenvalue weighted by atomic mass is 10.0. The molecule has 2 N–H and O–H groups in total. The number of hydrogen-bond donors (Lipinski definition) is 1. The molecule has 2 rings (SSSR count). The van der Waals surface area contributed by atoms with Crippen LogP contribution in [0, 0.1) is 0 Å². The first-order valence-corrected chi connectivity index (χ1v) is 5.18. The topological polar surface area (TPSA) is 38.9 Å². The minimum absolute atomic E-state index is 0.488. The summed E-state index contributed by atoms with van der Waals surface area (Å²) in [6.45, 7) is 0.727. The van der Waals surface area contributed by atoms with Crippen molar-refractivity contribution in [3.8, 4) is 0 Å². The van der Waals surface area contributed by atoms with E-state index in [1.54, 1.807) is 0 Å². The fourth-order valence-electron chi connectivity index (χ4n) is 1.51. The zero-order chi connectivity index (χ0) is 8.39. The van der Waals surface area contributed by atoms with Crippen LogP contribution in [0.15, 0.2) is 23.2 Å². The maximum absolute atomic E-state index is 5.67. The molecule has 2 nitrogen and oxygen atoms in total. The van der Waals surface area contributed by atoms with Crippen molar-refractivity contribution in [3.05, 3.63) is 24.0 Å². The van der Waals surface area contributed by atoms with E-state index in [1.165, 1.54) is 22.8 Å². The first kappa shape index (κ1) is 8.08. The first-order chi connectivity index (χ1) is 5.92. The molecule has 0 fully saturated rings. The van der Waals surface area contributed by atoms with E-state index in [2.05, 4.69) is 11.1 Å². The Morgan fingerprint density at radius 3 is 3.42 bits per heavy atom. The van der Waals surface area contributed by atoms with Crippen molar-refractivity contribution < 1.29 is 0 Å². The predicted molar refractivity (Wildman–Crippen MR) is 51.4 cm³/mol.